The fourth-order valence-electron chi connectivity index (χ4n) is 4.06. The van der Waals surface area contributed by atoms with E-state index in [1.807, 2.05) is 55.5 Å². The van der Waals surface area contributed by atoms with E-state index in [9.17, 15) is 9.59 Å². The van der Waals surface area contributed by atoms with Crippen LogP contribution in [0.15, 0.2) is 78.9 Å². The van der Waals surface area contributed by atoms with Gasteiger partial charge >= 0.3 is 0 Å². The van der Waals surface area contributed by atoms with Crippen molar-refractivity contribution in [1.29, 1.82) is 0 Å². The topological polar surface area (TPSA) is 58.2 Å². The fourth-order valence-corrected chi connectivity index (χ4v) is 5.22. The number of amides is 2. The lowest BCUT2D eigenvalue weighted by Gasteiger charge is -2.15. The van der Waals surface area contributed by atoms with E-state index < -0.39 is 0 Å². The third kappa shape index (κ3) is 3.83. The number of thiophene rings is 1. The molecule has 5 rings (SSSR count). The minimum atomic E-state index is -0.179. The van der Waals surface area contributed by atoms with E-state index in [1.54, 1.807) is 23.5 Å². The summed E-state index contributed by atoms with van der Waals surface area (Å²) in [7, 11) is 0. The first kappa shape index (κ1) is 20.2. The molecule has 0 bridgehead atoms. The molecule has 5 heteroatoms. The Labute approximate surface area is 190 Å². The molecule has 0 unspecified atom stereocenters. The normalized spacial score (nSPS) is 11.9. The summed E-state index contributed by atoms with van der Waals surface area (Å²) in [5.41, 5.74) is 6.58. The van der Waals surface area contributed by atoms with Gasteiger partial charge in [0.1, 0.15) is 0 Å². The summed E-state index contributed by atoms with van der Waals surface area (Å²) < 4.78 is 0. The van der Waals surface area contributed by atoms with E-state index in [1.165, 1.54) is 21.6 Å². The van der Waals surface area contributed by atoms with Crippen molar-refractivity contribution in [3.63, 3.8) is 0 Å². The molecule has 1 heterocycles. The summed E-state index contributed by atoms with van der Waals surface area (Å²) >= 11 is 1.54. The molecule has 0 radical (unpaired) electrons. The van der Waals surface area contributed by atoms with Crippen LogP contribution < -0.4 is 10.6 Å². The number of fused-ring (bicyclic) bond motifs is 3. The van der Waals surface area contributed by atoms with Gasteiger partial charge in [-0.1, -0.05) is 48.5 Å². The van der Waals surface area contributed by atoms with Crippen molar-refractivity contribution in [1.82, 2.24) is 0 Å². The van der Waals surface area contributed by atoms with Gasteiger partial charge in [-0.2, -0.15) is 0 Å². The lowest BCUT2D eigenvalue weighted by atomic mass is 9.91. The average molecular weight is 439 g/mol. The highest BCUT2D eigenvalue weighted by Gasteiger charge is 2.22. The molecule has 0 spiro atoms. The van der Waals surface area contributed by atoms with E-state index in [0.29, 0.717) is 21.8 Å². The molecule has 2 N–H and O–H groups in total. The van der Waals surface area contributed by atoms with Crippen LogP contribution in [0.1, 0.15) is 36.7 Å². The quantitative estimate of drug-likeness (QED) is 0.391. The molecule has 1 aromatic heterocycles. The van der Waals surface area contributed by atoms with Gasteiger partial charge < -0.3 is 10.6 Å². The minimum absolute atomic E-state index is 0.128. The standard InChI is InChI=1S/C27H22N2O2S/c1-17-22(28-26(30)19-9-3-2-4-10-19)12-7-13-23(17)29-27(31)24-16-20-15-14-18-8-5-6-11-21(18)25(20)32-24/h2-13,16H,14-15H2,1H3,(H,28,30)(H,29,31). The van der Waals surface area contributed by atoms with Crippen LogP contribution in [0.3, 0.4) is 0 Å². The van der Waals surface area contributed by atoms with E-state index >= 15 is 0 Å². The number of carbonyl (C=O) groups is 2. The predicted molar refractivity (Wildman–Crippen MR) is 131 cm³/mol. The Morgan fingerprint density at radius 1 is 0.750 bits per heavy atom. The van der Waals surface area contributed by atoms with Crippen LogP contribution >= 0.6 is 11.3 Å². The first-order valence-electron chi connectivity index (χ1n) is 10.6. The molecule has 0 atom stereocenters. The number of rotatable bonds is 4. The first-order valence-corrected chi connectivity index (χ1v) is 11.4. The molecule has 0 saturated heterocycles. The predicted octanol–water partition coefficient (Wildman–Crippen LogP) is 6.33. The summed E-state index contributed by atoms with van der Waals surface area (Å²) in [6.45, 7) is 1.89. The summed E-state index contributed by atoms with van der Waals surface area (Å²) in [6.07, 6.45) is 1.96. The second-order valence-corrected chi connectivity index (χ2v) is 8.93. The number of hydrogen-bond acceptors (Lipinski definition) is 3. The molecule has 0 aliphatic heterocycles. The van der Waals surface area contributed by atoms with Crippen LogP contribution in [-0.2, 0) is 12.8 Å². The molecule has 1 aliphatic carbocycles. The Hall–Kier alpha value is -3.70. The Morgan fingerprint density at radius 2 is 1.41 bits per heavy atom. The van der Waals surface area contributed by atoms with Gasteiger partial charge in [-0.05, 0) is 72.4 Å². The molecule has 4 nitrogen and oxygen atoms in total. The lowest BCUT2D eigenvalue weighted by molar-refractivity contribution is 0.102. The van der Waals surface area contributed by atoms with Crippen LogP contribution in [-0.4, -0.2) is 11.8 Å². The zero-order chi connectivity index (χ0) is 22.1. The van der Waals surface area contributed by atoms with Crippen molar-refractivity contribution < 1.29 is 9.59 Å². The number of anilines is 2. The van der Waals surface area contributed by atoms with Crippen molar-refractivity contribution in [2.45, 2.75) is 19.8 Å². The largest absolute Gasteiger partial charge is 0.322 e. The third-order valence-electron chi connectivity index (χ3n) is 5.82. The molecule has 0 saturated carbocycles. The summed E-state index contributed by atoms with van der Waals surface area (Å²) in [4.78, 5) is 27.5. The van der Waals surface area contributed by atoms with E-state index in [2.05, 4.69) is 28.8 Å². The maximum Gasteiger partial charge on any atom is 0.265 e. The van der Waals surface area contributed by atoms with Gasteiger partial charge in [0, 0.05) is 21.8 Å². The number of benzene rings is 3. The van der Waals surface area contributed by atoms with Gasteiger partial charge in [-0.25, -0.2) is 0 Å². The minimum Gasteiger partial charge on any atom is -0.322 e. The van der Waals surface area contributed by atoms with Crippen molar-refractivity contribution in [2.75, 3.05) is 10.6 Å². The monoisotopic (exact) mass is 438 g/mol. The summed E-state index contributed by atoms with van der Waals surface area (Å²) in [5.74, 6) is -0.307. The smallest absolute Gasteiger partial charge is 0.265 e. The van der Waals surface area contributed by atoms with Crippen molar-refractivity contribution in [3.8, 4) is 10.4 Å². The highest BCUT2D eigenvalue weighted by atomic mass is 32.1. The Morgan fingerprint density at radius 3 is 2.19 bits per heavy atom. The molecule has 1 aliphatic rings. The van der Waals surface area contributed by atoms with Crippen molar-refractivity contribution >= 4 is 34.5 Å². The zero-order valence-corrected chi connectivity index (χ0v) is 18.5. The maximum atomic E-state index is 13.1. The second-order valence-electron chi connectivity index (χ2n) is 7.87. The molecular formula is C27H22N2O2S. The van der Waals surface area contributed by atoms with E-state index in [0.717, 1.165) is 18.4 Å². The fraction of sp³-hybridized carbons (Fsp3) is 0.111. The Kier molecular flexibility index (Phi) is 5.33. The molecular weight excluding hydrogens is 416 g/mol. The molecule has 2 amide bonds. The number of nitrogens with one attached hydrogen (secondary N) is 2. The molecule has 3 aromatic carbocycles. The average Bonchev–Trinajstić information content (AvgIpc) is 3.27. The molecule has 32 heavy (non-hydrogen) atoms. The molecule has 4 aromatic rings. The molecule has 0 fully saturated rings. The zero-order valence-electron chi connectivity index (χ0n) is 17.6. The van der Waals surface area contributed by atoms with E-state index in [-0.39, 0.29) is 11.8 Å². The summed E-state index contributed by atoms with van der Waals surface area (Å²) in [6, 6.07) is 25.0. The van der Waals surface area contributed by atoms with Gasteiger partial charge in [-0.3, -0.25) is 9.59 Å². The van der Waals surface area contributed by atoms with Crippen LogP contribution in [0, 0.1) is 6.92 Å². The lowest BCUT2D eigenvalue weighted by Crippen LogP contribution is -2.15. The Bertz CT molecular complexity index is 1320. The van der Waals surface area contributed by atoms with Gasteiger partial charge in [0.25, 0.3) is 11.8 Å². The van der Waals surface area contributed by atoms with Crippen LogP contribution in [0.2, 0.25) is 0 Å². The number of carbonyl (C=O) groups excluding carboxylic acids is 2. The van der Waals surface area contributed by atoms with Gasteiger partial charge in [0.05, 0.1) is 4.88 Å². The van der Waals surface area contributed by atoms with Crippen LogP contribution in [0.25, 0.3) is 10.4 Å². The highest BCUT2D eigenvalue weighted by molar-refractivity contribution is 7.17. The molecule has 158 valence electrons. The van der Waals surface area contributed by atoms with Gasteiger partial charge in [0.15, 0.2) is 0 Å². The second kappa shape index (κ2) is 8.44. The van der Waals surface area contributed by atoms with E-state index in [4.69, 9.17) is 0 Å². The van der Waals surface area contributed by atoms with Crippen molar-refractivity contribution in [3.05, 3.63) is 106 Å². The third-order valence-corrected chi connectivity index (χ3v) is 7.03. The highest BCUT2D eigenvalue weighted by Crippen LogP contribution is 2.39. The number of aryl methyl sites for hydroxylation is 2. The SMILES string of the molecule is Cc1c(NC(=O)c2ccccc2)cccc1NC(=O)c1cc2c(s1)-c1ccccc1CC2. The van der Waals surface area contributed by atoms with Crippen molar-refractivity contribution in [2.24, 2.45) is 0 Å². The number of hydrogen-bond donors (Lipinski definition) is 2. The maximum absolute atomic E-state index is 13.1. The Balaban J connectivity index is 1.36. The van der Waals surface area contributed by atoms with Crippen LogP contribution in [0.4, 0.5) is 11.4 Å². The first-order chi connectivity index (χ1) is 15.6. The van der Waals surface area contributed by atoms with Crippen LogP contribution in [0.5, 0.6) is 0 Å². The summed E-state index contributed by atoms with van der Waals surface area (Å²) in [5, 5.41) is 5.98. The van der Waals surface area contributed by atoms with Gasteiger partial charge in [-0.15, -0.1) is 11.3 Å². The van der Waals surface area contributed by atoms with Gasteiger partial charge in [0.2, 0.25) is 0 Å².